The second-order valence-electron chi connectivity index (χ2n) is 15.9. The van der Waals surface area contributed by atoms with E-state index in [4.69, 9.17) is 0 Å². The number of benzene rings is 2. The van der Waals surface area contributed by atoms with E-state index in [0.717, 1.165) is 103 Å². The normalized spacial score (nSPS) is 22.4. The van der Waals surface area contributed by atoms with Crippen molar-refractivity contribution in [2.45, 2.75) is 121 Å². The van der Waals surface area contributed by atoms with Gasteiger partial charge in [0.25, 0.3) is 5.91 Å². The Bertz CT molecular complexity index is 1850. The quantitative estimate of drug-likeness (QED) is 0.101. The number of amides is 1. The molecule has 8 heteroatoms. The molecule has 2 aromatic carbocycles. The van der Waals surface area contributed by atoms with Gasteiger partial charge in [-0.3, -0.25) is 19.6 Å². The van der Waals surface area contributed by atoms with Crippen molar-refractivity contribution in [2.75, 3.05) is 5.32 Å². The second-order valence-corrected chi connectivity index (χ2v) is 15.9. The average molecular weight is 699 g/mol. The van der Waals surface area contributed by atoms with Gasteiger partial charge in [0.15, 0.2) is 5.78 Å². The first-order valence-electron chi connectivity index (χ1n) is 19.3. The molecule has 0 bridgehead atoms. The molecule has 4 aliphatic carbocycles. The van der Waals surface area contributed by atoms with E-state index in [2.05, 4.69) is 39.7 Å². The molecule has 0 atom stereocenters. The highest BCUT2D eigenvalue weighted by molar-refractivity contribution is 6.04. The van der Waals surface area contributed by atoms with Crippen molar-refractivity contribution in [3.63, 3.8) is 0 Å². The molecular weight excluding hydrogens is 649 g/mol. The summed E-state index contributed by atoms with van der Waals surface area (Å²) in [5.74, 6) is 1.38. The Hall–Kier alpha value is -4.24. The number of hydrogen-bond donors (Lipinski definition) is 4. The third-order valence-corrected chi connectivity index (χ3v) is 12.0. The third-order valence-electron chi connectivity index (χ3n) is 12.0. The van der Waals surface area contributed by atoms with Gasteiger partial charge in [-0.2, -0.15) is 0 Å². The number of aliphatic hydroxyl groups is 2. The summed E-state index contributed by atoms with van der Waals surface area (Å²) in [6.07, 6.45) is 13.7. The van der Waals surface area contributed by atoms with E-state index in [9.17, 15) is 19.8 Å². The standard InChI is InChI=1S/C44H50N4O4/c1-25-30(17-43(51)41-20-39(29-13-14-29)32(24-46-41)23-45-33-18-35(50)19-33)5-3-6-36(25)37-7-4-8-40(26(37)2)48-44(52)42-21-38(28-11-12-28)31(22-47-42)10-9-27-15-34(49)16-27/h3-8,20-22,24,27-29,33-35,45,49-50H,9-19,23H2,1-2H3,(H,48,52). The van der Waals surface area contributed by atoms with Crippen LogP contribution in [0.5, 0.6) is 0 Å². The summed E-state index contributed by atoms with van der Waals surface area (Å²) in [6, 6.07) is 16.4. The van der Waals surface area contributed by atoms with Gasteiger partial charge >= 0.3 is 0 Å². The summed E-state index contributed by atoms with van der Waals surface area (Å²) in [5, 5.41) is 26.0. The monoisotopic (exact) mass is 698 g/mol. The molecule has 4 fully saturated rings. The van der Waals surface area contributed by atoms with Crippen LogP contribution in [-0.2, 0) is 19.4 Å². The molecule has 0 aliphatic heterocycles. The van der Waals surface area contributed by atoms with Crippen molar-refractivity contribution in [3.8, 4) is 11.1 Å². The Morgan fingerprint density at radius 1 is 0.750 bits per heavy atom. The van der Waals surface area contributed by atoms with E-state index >= 15 is 0 Å². The molecule has 52 heavy (non-hydrogen) atoms. The van der Waals surface area contributed by atoms with Crippen LogP contribution in [-0.4, -0.2) is 50.1 Å². The molecule has 0 saturated heterocycles. The van der Waals surface area contributed by atoms with E-state index in [1.54, 1.807) is 0 Å². The molecule has 8 rings (SSSR count). The number of hydrogen-bond acceptors (Lipinski definition) is 7. The maximum absolute atomic E-state index is 13.7. The van der Waals surface area contributed by atoms with Gasteiger partial charge < -0.3 is 20.8 Å². The number of carbonyl (C=O) groups excluding carboxylic acids is 2. The maximum Gasteiger partial charge on any atom is 0.274 e. The van der Waals surface area contributed by atoms with E-state index in [1.165, 1.54) is 16.7 Å². The zero-order chi connectivity index (χ0) is 35.9. The van der Waals surface area contributed by atoms with Crippen LogP contribution in [0.4, 0.5) is 5.69 Å². The summed E-state index contributed by atoms with van der Waals surface area (Å²) >= 11 is 0. The number of carbonyl (C=O) groups is 2. The van der Waals surface area contributed by atoms with Gasteiger partial charge in [-0.05, 0) is 164 Å². The van der Waals surface area contributed by atoms with Crippen molar-refractivity contribution in [1.82, 2.24) is 15.3 Å². The number of pyridine rings is 2. The van der Waals surface area contributed by atoms with E-state index < -0.39 is 0 Å². The first kappa shape index (κ1) is 34.8. The molecule has 4 aromatic rings. The van der Waals surface area contributed by atoms with E-state index in [1.807, 2.05) is 55.7 Å². The number of ketones is 1. The van der Waals surface area contributed by atoms with Gasteiger partial charge in [-0.15, -0.1) is 0 Å². The van der Waals surface area contributed by atoms with Crippen molar-refractivity contribution < 1.29 is 19.8 Å². The van der Waals surface area contributed by atoms with Crippen molar-refractivity contribution in [2.24, 2.45) is 5.92 Å². The van der Waals surface area contributed by atoms with Gasteiger partial charge in [0, 0.05) is 37.1 Å². The van der Waals surface area contributed by atoms with Gasteiger partial charge in [-0.25, -0.2) is 0 Å². The van der Waals surface area contributed by atoms with E-state index in [0.29, 0.717) is 41.7 Å². The lowest BCUT2D eigenvalue weighted by molar-refractivity contribution is 0.0393. The Morgan fingerprint density at radius 3 is 2.06 bits per heavy atom. The first-order chi connectivity index (χ1) is 25.2. The molecule has 8 nitrogen and oxygen atoms in total. The van der Waals surface area contributed by atoms with Crippen LogP contribution in [0.2, 0.25) is 0 Å². The Labute approximate surface area is 306 Å². The predicted molar refractivity (Wildman–Crippen MR) is 203 cm³/mol. The van der Waals surface area contributed by atoms with Crippen molar-refractivity contribution >= 4 is 17.4 Å². The largest absolute Gasteiger partial charge is 0.393 e. The Kier molecular flexibility index (Phi) is 9.81. The number of aliphatic hydroxyl groups excluding tert-OH is 2. The zero-order valence-electron chi connectivity index (χ0n) is 30.3. The molecule has 0 radical (unpaired) electrons. The number of rotatable bonds is 14. The van der Waals surface area contributed by atoms with Gasteiger partial charge in [0.1, 0.15) is 11.4 Å². The van der Waals surface area contributed by atoms with Crippen LogP contribution in [0.3, 0.4) is 0 Å². The lowest BCUT2D eigenvalue weighted by Gasteiger charge is -2.32. The Morgan fingerprint density at radius 2 is 1.37 bits per heavy atom. The molecule has 270 valence electrons. The fourth-order valence-electron chi connectivity index (χ4n) is 8.16. The molecule has 4 N–H and O–H groups in total. The minimum atomic E-state index is -0.214. The molecule has 2 heterocycles. The Balaban J connectivity index is 0.959. The number of aryl methyl sites for hydroxylation is 1. The highest BCUT2D eigenvalue weighted by Crippen LogP contribution is 2.44. The highest BCUT2D eigenvalue weighted by Gasteiger charge is 2.31. The summed E-state index contributed by atoms with van der Waals surface area (Å²) < 4.78 is 0. The fourth-order valence-corrected chi connectivity index (χ4v) is 8.16. The van der Waals surface area contributed by atoms with Gasteiger partial charge in [-0.1, -0.05) is 30.3 Å². The lowest BCUT2D eigenvalue weighted by atomic mass is 9.78. The first-order valence-corrected chi connectivity index (χ1v) is 19.3. The van der Waals surface area contributed by atoms with Gasteiger partial charge in [0.05, 0.1) is 12.2 Å². The molecular formula is C44H50N4O4. The second kappa shape index (κ2) is 14.6. The molecule has 4 aliphatic rings. The average Bonchev–Trinajstić information content (AvgIpc) is 4.04. The molecule has 0 spiro atoms. The van der Waals surface area contributed by atoms with Gasteiger partial charge in [0.2, 0.25) is 0 Å². The lowest BCUT2D eigenvalue weighted by Crippen LogP contribution is -2.43. The maximum atomic E-state index is 13.7. The van der Waals surface area contributed by atoms with Crippen molar-refractivity contribution in [3.05, 3.63) is 111 Å². The summed E-state index contributed by atoms with van der Waals surface area (Å²) in [5.41, 5.74) is 11.6. The zero-order valence-corrected chi connectivity index (χ0v) is 30.3. The van der Waals surface area contributed by atoms with Crippen LogP contribution >= 0.6 is 0 Å². The third kappa shape index (κ3) is 7.61. The summed E-state index contributed by atoms with van der Waals surface area (Å²) in [6.45, 7) is 4.80. The van der Waals surface area contributed by atoms with Crippen LogP contribution in [0.1, 0.15) is 130 Å². The number of aromatic nitrogens is 2. The van der Waals surface area contributed by atoms with Crippen LogP contribution < -0.4 is 10.6 Å². The topological polar surface area (TPSA) is 124 Å². The van der Waals surface area contributed by atoms with E-state index in [-0.39, 0.29) is 30.3 Å². The summed E-state index contributed by atoms with van der Waals surface area (Å²) in [7, 11) is 0. The molecule has 0 unspecified atom stereocenters. The fraction of sp³-hybridized carbons (Fsp3) is 0.455. The summed E-state index contributed by atoms with van der Waals surface area (Å²) in [4.78, 5) is 36.5. The minimum Gasteiger partial charge on any atom is -0.393 e. The number of anilines is 1. The number of nitrogens with one attached hydrogen (secondary N) is 2. The molecule has 4 saturated carbocycles. The highest BCUT2D eigenvalue weighted by atomic mass is 16.3. The van der Waals surface area contributed by atoms with Crippen LogP contribution in [0.25, 0.3) is 11.1 Å². The number of nitrogens with zero attached hydrogens (tertiary/aromatic N) is 2. The van der Waals surface area contributed by atoms with Crippen LogP contribution in [0.15, 0.2) is 60.9 Å². The number of Topliss-reactive ketones (excluding diaryl/α,β-unsaturated/α-hetero) is 1. The molecule has 1 amide bonds. The molecule has 2 aromatic heterocycles. The minimum absolute atomic E-state index is 0.00688. The SMILES string of the molecule is Cc1c(CC(=O)c2cc(C3CC3)c(CNC3CC(O)C3)cn2)cccc1-c1cccc(NC(=O)c2cc(C3CC3)c(CCC3CC(O)C3)cn2)c1C. The van der Waals surface area contributed by atoms with Crippen molar-refractivity contribution in [1.29, 1.82) is 0 Å². The van der Waals surface area contributed by atoms with Crippen LogP contribution in [0, 0.1) is 19.8 Å². The predicted octanol–water partition coefficient (Wildman–Crippen LogP) is 7.51. The smallest absolute Gasteiger partial charge is 0.274 e.